The molecular formula is C32H34ClF3N6O2. The number of aromatic nitrogens is 4. The number of rotatable bonds is 7. The fourth-order valence-corrected chi connectivity index (χ4v) is 8.47. The van der Waals surface area contributed by atoms with Crippen LogP contribution in [0, 0.1) is 23.4 Å². The standard InChI is InChI=1S/C32H34ClF3N6O2/c1-17(42-16-37-38-39-42)24-13-30(36)28(33)12-25(24)18-4-6-40(7-5-18)32-31(44-32)27-11-20(41-14-22-9-21(41)15-43-22)10-26(27)23-3-2-19(34)8-29(23)35/h2-3,8,12-13,16-18,20-22,26-27H,4-7,9-11,14-15H2,1H3/t17-,20?,21-,22-,26?,27?/m1/s1. The lowest BCUT2D eigenvalue weighted by atomic mass is 9.84. The first kappa shape index (κ1) is 28.3. The maximum Gasteiger partial charge on any atom is 0.235 e. The molecule has 4 aliphatic heterocycles. The van der Waals surface area contributed by atoms with E-state index in [-0.39, 0.29) is 28.8 Å². The van der Waals surface area contributed by atoms with Crippen LogP contribution in [0.5, 0.6) is 0 Å². The molecule has 3 saturated heterocycles. The van der Waals surface area contributed by atoms with Gasteiger partial charge in [-0.15, -0.1) is 5.10 Å². The lowest BCUT2D eigenvalue weighted by Gasteiger charge is -2.32. The zero-order valence-electron chi connectivity index (χ0n) is 24.4. The molecule has 6 atom stereocenters. The number of hydrogen-bond acceptors (Lipinski definition) is 7. The van der Waals surface area contributed by atoms with E-state index in [0.29, 0.717) is 23.8 Å². The maximum absolute atomic E-state index is 15.1. The van der Waals surface area contributed by atoms with Crippen LogP contribution in [0.4, 0.5) is 13.2 Å². The first-order valence-corrected chi connectivity index (χ1v) is 15.9. The Bertz CT molecular complexity index is 1600. The summed E-state index contributed by atoms with van der Waals surface area (Å²) in [5.41, 5.74) is 2.40. The lowest BCUT2D eigenvalue weighted by Crippen LogP contribution is -2.43. The zero-order valence-corrected chi connectivity index (χ0v) is 25.1. The number of likely N-dealkylation sites (tertiary alicyclic amines) is 2. The van der Waals surface area contributed by atoms with Gasteiger partial charge in [0.15, 0.2) is 5.76 Å². The highest BCUT2D eigenvalue weighted by molar-refractivity contribution is 6.30. The van der Waals surface area contributed by atoms with Crippen LogP contribution in [0.25, 0.3) is 0 Å². The number of allylic oxidation sites excluding steroid dienone is 1. The fraction of sp³-hybridized carbons (Fsp3) is 0.531. The van der Waals surface area contributed by atoms with Crippen molar-refractivity contribution in [2.24, 2.45) is 5.92 Å². The Labute approximate surface area is 258 Å². The zero-order chi connectivity index (χ0) is 30.1. The van der Waals surface area contributed by atoms with Gasteiger partial charge in [0, 0.05) is 43.7 Å². The Morgan fingerprint density at radius 3 is 2.48 bits per heavy atom. The van der Waals surface area contributed by atoms with E-state index in [0.717, 1.165) is 87.2 Å². The van der Waals surface area contributed by atoms with E-state index < -0.39 is 17.5 Å². The maximum atomic E-state index is 15.1. The fourth-order valence-electron chi connectivity index (χ4n) is 8.30. The van der Waals surface area contributed by atoms with Gasteiger partial charge in [0.1, 0.15) is 23.8 Å². The third kappa shape index (κ3) is 4.97. The minimum absolute atomic E-state index is 0.0346. The predicted molar refractivity (Wildman–Crippen MR) is 155 cm³/mol. The van der Waals surface area contributed by atoms with Crippen molar-refractivity contribution < 1.29 is 22.6 Å². The number of hydrogen-bond donors (Lipinski definition) is 0. The monoisotopic (exact) mass is 626 g/mol. The van der Waals surface area contributed by atoms with Gasteiger partial charge in [-0.3, -0.25) is 4.90 Å². The van der Waals surface area contributed by atoms with Gasteiger partial charge in [-0.2, -0.15) is 0 Å². The number of halogens is 4. The van der Waals surface area contributed by atoms with Crippen molar-refractivity contribution >= 4 is 11.6 Å². The molecule has 44 heavy (non-hydrogen) atoms. The summed E-state index contributed by atoms with van der Waals surface area (Å²) in [5, 5.41) is 11.6. The summed E-state index contributed by atoms with van der Waals surface area (Å²) >= 11 is 6.26. The van der Waals surface area contributed by atoms with Gasteiger partial charge in [0.25, 0.3) is 0 Å². The Balaban J connectivity index is 1.01. The summed E-state index contributed by atoms with van der Waals surface area (Å²) in [6.07, 6.45) is 6.27. The quantitative estimate of drug-likeness (QED) is 0.330. The molecule has 4 fully saturated rings. The van der Waals surface area contributed by atoms with E-state index in [9.17, 15) is 8.78 Å². The van der Waals surface area contributed by atoms with Crippen LogP contribution in [-0.4, -0.2) is 74.4 Å². The molecule has 3 unspecified atom stereocenters. The number of morpholine rings is 1. The summed E-state index contributed by atoms with van der Waals surface area (Å²) in [4.78, 5) is 4.83. The van der Waals surface area contributed by atoms with Crippen molar-refractivity contribution in [1.29, 1.82) is 0 Å². The number of fused-ring (bicyclic) bond motifs is 2. The van der Waals surface area contributed by atoms with Crippen LogP contribution < -0.4 is 0 Å². The largest absolute Gasteiger partial charge is 0.436 e. The molecule has 0 amide bonds. The molecule has 232 valence electrons. The smallest absolute Gasteiger partial charge is 0.235 e. The number of piperidine rings is 1. The Morgan fingerprint density at radius 1 is 0.955 bits per heavy atom. The van der Waals surface area contributed by atoms with E-state index in [2.05, 4.69) is 25.3 Å². The molecular weight excluding hydrogens is 593 g/mol. The van der Waals surface area contributed by atoms with Crippen molar-refractivity contribution in [2.45, 2.75) is 75.1 Å². The van der Waals surface area contributed by atoms with Gasteiger partial charge in [-0.1, -0.05) is 17.7 Å². The second-order valence-electron chi connectivity index (χ2n) is 12.9. The van der Waals surface area contributed by atoms with E-state index >= 15 is 4.39 Å². The van der Waals surface area contributed by atoms with Gasteiger partial charge >= 0.3 is 0 Å². The van der Waals surface area contributed by atoms with Crippen LogP contribution in [0.15, 0.2) is 48.3 Å². The molecule has 5 heterocycles. The average molecular weight is 627 g/mol. The van der Waals surface area contributed by atoms with Crippen molar-refractivity contribution in [1.82, 2.24) is 30.0 Å². The summed E-state index contributed by atoms with van der Waals surface area (Å²) in [7, 11) is 0. The molecule has 8 nitrogen and oxygen atoms in total. The predicted octanol–water partition coefficient (Wildman–Crippen LogP) is 5.77. The molecule has 0 radical (unpaired) electrons. The topological polar surface area (TPSA) is 71.8 Å². The molecule has 3 aromatic rings. The molecule has 1 saturated carbocycles. The SMILES string of the molecule is C[C@H](c1cc(F)c(Cl)cc1C1CCN(C2=C(C3CC(N4C[C@H]5C[C@@H]4CO5)CC3c3ccc(F)cc3F)O2)CC1)n1cnnn1. The average Bonchev–Trinajstić information content (AvgIpc) is 3.52. The van der Waals surface area contributed by atoms with Crippen LogP contribution >= 0.6 is 11.6 Å². The van der Waals surface area contributed by atoms with Crippen molar-refractivity contribution in [2.75, 3.05) is 26.2 Å². The third-order valence-corrected chi connectivity index (χ3v) is 10.9. The summed E-state index contributed by atoms with van der Waals surface area (Å²) in [5.74, 6) is 0.473. The van der Waals surface area contributed by atoms with E-state index in [1.165, 1.54) is 18.5 Å². The first-order valence-electron chi connectivity index (χ1n) is 15.5. The molecule has 1 aliphatic carbocycles. The minimum atomic E-state index is -0.560. The van der Waals surface area contributed by atoms with E-state index in [1.807, 2.05) is 6.92 Å². The second-order valence-corrected chi connectivity index (χ2v) is 13.3. The number of ether oxygens (including phenoxy) is 2. The first-order chi connectivity index (χ1) is 21.3. The van der Waals surface area contributed by atoms with E-state index in [4.69, 9.17) is 21.1 Å². The summed E-state index contributed by atoms with van der Waals surface area (Å²) in [6.45, 7) is 5.17. The number of nitrogens with zero attached hydrogens (tertiary/aromatic N) is 6. The lowest BCUT2D eigenvalue weighted by molar-refractivity contribution is 0.0118. The summed E-state index contributed by atoms with van der Waals surface area (Å²) < 4.78 is 57.2. The number of tetrazole rings is 1. The molecule has 0 N–H and O–H groups in total. The second kappa shape index (κ2) is 11.0. The van der Waals surface area contributed by atoms with Gasteiger partial charge in [-0.05, 0) is 96.2 Å². The van der Waals surface area contributed by atoms with Crippen LogP contribution in [0.2, 0.25) is 5.02 Å². The molecule has 1 aromatic heterocycles. The van der Waals surface area contributed by atoms with Gasteiger partial charge < -0.3 is 14.4 Å². The molecule has 8 rings (SSSR count). The van der Waals surface area contributed by atoms with Crippen molar-refractivity contribution in [3.63, 3.8) is 0 Å². The van der Waals surface area contributed by atoms with Gasteiger partial charge in [0.2, 0.25) is 5.88 Å². The van der Waals surface area contributed by atoms with Crippen molar-refractivity contribution in [3.8, 4) is 0 Å². The molecule has 0 spiro atoms. The highest BCUT2D eigenvalue weighted by Gasteiger charge is 2.52. The Morgan fingerprint density at radius 2 is 1.77 bits per heavy atom. The Hall–Kier alpha value is -3.15. The van der Waals surface area contributed by atoms with Crippen LogP contribution in [0.1, 0.15) is 73.6 Å². The number of benzene rings is 2. The summed E-state index contributed by atoms with van der Waals surface area (Å²) in [6, 6.07) is 7.70. The molecule has 5 aliphatic rings. The molecule has 12 heteroatoms. The Kier molecular flexibility index (Phi) is 7.10. The minimum Gasteiger partial charge on any atom is -0.436 e. The highest BCUT2D eigenvalue weighted by atomic mass is 35.5. The van der Waals surface area contributed by atoms with Crippen molar-refractivity contribution in [3.05, 3.63) is 87.5 Å². The molecule has 2 aromatic carbocycles. The van der Waals surface area contributed by atoms with Gasteiger partial charge in [0.05, 0.1) is 23.8 Å². The highest BCUT2D eigenvalue weighted by Crippen LogP contribution is 2.54. The van der Waals surface area contributed by atoms with E-state index in [1.54, 1.807) is 16.8 Å². The normalized spacial score (nSPS) is 29.5. The molecule has 2 bridgehead atoms. The third-order valence-electron chi connectivity index (χ3n) is 10.6. The van der Waals surface area contributed by atoms with Gasteiger partial charge in [-0.25, -0.2) is 17.9 Å². The van der Waals surface area contributed by atoms with Crippen LogP contribution in [0.3, 0.4) is 0 Å². The van der Waals surface area contributed by atoms with Crippen LogP contribution in [-0.2, 0) is 9.47 Å².